The number of rotatable bonds is 4. The van der Waals surface area contributed by atoms with E-state index in [2.05, 4.69) is 26.2 Å². The summed E-state index contributed by atoms with van der Waals surface area (Å²) in [7, 11) is 0. The molecule has 0 radical (unpaired) electrons. The quantitative estimate of drug-likeness (QED) is 0.865. The normalized spacial score (nSPS) is 11.2. The summed E-state index contributed by atoms with van der Waals surface area (Å²) in [4.78, 5) is 15.8. The van der Waals surface area contributed by atoms with E-state index in [1.165, 1.54) is 6.20 Å². The summed E-state index contributed by atoms with van der Waals surface area (Å²) in [5, 5.41) is 2.77. The molecular weight excluding hydrogens is 315 g/mol. The van der Waals surface area contributed by atoms with Crippen LogP contribution in [0.4, 0.5) is 0 Å². The Morgan fingerprint density at radius 2 is 2.12 bits per heavy atom. The molecule has 16 heavy (non-hydrogen) atoms. The van der Waals surface area contributed by atoms with Gasteiger partial charge in [0, 0.05) is 28.6 Å². The first-order valence-corrected chi connectivity index (χ1v) is 6.42. The van der Waals surface area contributed by atoms with Gasteiger partial charge in [0.15, 0.2) is 0 Å². The molecule has 0 fully saturated rings. The fourth-order valence-electron chi connectivity index (χ4n) is 0.985. The van der Waals surface area contributed by atoms with Gasteiger partial charge in [-0.2, -0.15) is 0 Å². The summed E-state index contributed by atoms with van der Waals surface area (Å²) in [6.45, 7) is 1.79. The number of nitrogens with one attached hydrogen (secondary N) is 1. The van der Waals surface area contributed by atoms with E-state index in [4.69, 9.17) is 23.2 Å². The zero-order valence-electron chi connectivity index (χ0n) is 8.64. The van der Waals surface area contributed by atoms with Crippen molar-refractivity contribution in [1.82, 2.24) is 10.3 Å². The highest BCUT2D eigenvalue weighted by Crippen LogP contribution is 2.13. The van der Waals surface area contributed by atoms with Gasteiger partial charge in [-0.1, -0.05) is 0 Å². The molecule has 6 heteroatoms. The van der Waals surface area contributed by atoms with E-state index in [1.54, 1.807) is 19.2 Å². The molecule has 0 unspecified atom stereocenters. The lowest BCUT2D eigenvalue weighted by atomic mass is 10.1. The molecule has 0 bridgehead atoms. The first-order chi connectivity index (χ1) is 7.50. The van der Waals surface area contributed by atoms with Crippen LogP contribution in [0.3, 0.4) is 0 Å². The fourth-order valence-corrected chi connectivity index (χ4v) is 1.77. The molecule has 0 aliphatic carbocycles. The Morgan fingerprint density at radius 3 is 2.62 bits per heavy atom. The second kappa shape index (κ2) is 5.84. The number of carbonyl (C=O) groups excluding carboxylic acids is 1. The highest BCUT2D eigenvalue weighted by atomic mass is 79.9. The highest BCUT2D eigenvalue weighted by Gasteiger charge is 2.24. The molecule has 0 aliphatic rings. The molecule has 1 aromatic rings. The van der Waals surface area contributed by atoms with E-state index in [-0.39, 0.29) is 17.7 Å². The predicted octanol–water partition coefficient (Wildman–Crippen LogP) is 2.81. The number of aromatic nitrogens is 1. The third-order valence-corrected chi connectivity index (χ3v) is 3.59. The molecule has 0 aliphatic heterocycles. The van der Waals surface area contributed by atoms with Crippen LogP contribution in [0, 0.1) is 0 Å². The molecule has 0 saturated heterocycles. The molecule has 1 rings (SSSR count). The Bertz CT molecular complexity index is 383. The summed E-state index contributed by atoms with van der Waals surface area (Å²) in [5.74, 6) is 0.269. The van der Waals surface area contributed by atoms with E-state index in [0.717, 1.165) is 4.47 Å². The summed E-state index contributed by atoms with van der Waals surface area (Å²) >= 11 is 14.7. The molecule has 0 spiro atoms. The predicted molar refractivity (Wildman–Crippen MR) is 69.2 cm³/mol. The molecule has 1 aromatic heterocycles. The molecule has 88 valence electrons. The van der Waals surface area contributed by atoms with E-state index in [9.17, 15) is 4.79 Å². The Kier molecular flexibility index (Phi) is 5.02. The SMILES string of the molecule is CC(CCl)(CCl)NC(=O)c1cncc(Br)c1. The second-order valence-electron chi connectivity index (χ2n) is 3.67. The number of alkyl halides is 2. The lowest BCUT2D eigenvalue weighted by Crippen LogP contribution is -2.49. The Labute approximate surface area is 113 Å². The fraction of sp³-hybridized carbons (Fsp3) is 0.400. The molecular formula is C10H11BrCl2N2O. The van der Waals surface area contributed by atoms with Gasteiger partial charge in [-0.05, 0) is 28.9 Å². The Hall–Kier alpha value is -0.320. The minimum Gasteiger partial charge on any atom is -0.344 e. The van der Waals surface area contributed by atoms with Crippen molar-refractivity contribution in [3.63, 3.8) is 0 Å². The summed E-state index contributed by atoms with van der Waals surface area (Å²) < 4.78 is 0.749. The van der Waals surface area contributed by atoms with Crippen LogP contribution in [0.1, 0.15) is 17.3 Å². The molecule has 1 amide bonds. The minimum atomic E-state index is -0.609. The van der Waals surface area contributed by atoms with Crippen LogP contribution in [0.25, 0.3) is 0 Å². The van der Waals surface area contributed by atoms with Crippen molar-refractivity contribution in [3.8, 4) is 0 Å². The van der Waals surface area contributed by atoms with Crippen molar-refractivity contribution >= 4 is 45.0 Å². The van der Waals surface area contributed by atoms with Gasteiger partial charge in [0.25, 0.3) is 5.91 Å². The lowest BCUT2D eigenvalue weighted by molar-refractivity contribution is 0.0921. The van der Waals surface area contributed by atoms with E-state index >= 15 is 0 Å². The van der Waals surface area contributed by atoms with Crippen molar-refractivity contribution in [2.45, 2.75) is 12.5 Å². The van der Waals surface area contributed by atoms with Crippen LogP contribution in [0.5, 0.6) is 0 Å². The third kappa shape index (κ3) is 3.61. The average Bonchev–Trinajstić information content (AvgIpc) is 2.29. The van der Waals surface area contributed by atoms with Gasteiger partial charge in [0.05, 0.1) is 11.1 Å². The maximum atomic E-state index is 11.8. The Balaban J connectivity index is 2.80. The lowest BCUT2D eigenvalue weighted by Gasteiger charge is -2.25. The average molecular weight is 326 g/mol. The summed E-state index contributed by atoms with van der Waals surface area (Å²) in [5.41, 5.74) is -0.140. The van der Waals surface area contributed by atoms with Crippen molar-refractivity contribution in [2.75, 3.05) is 11.8 Å². The maximum absolute atomic E-state index is 11.8. The molecule has 1 heterocycles. The zero-order chi connectivity index (χ0) is 12.2. The standard InChI is InChI=1S/C10H11BrCl2N2O/c1-10(5-12,6-13)15-9(16)7-2-8(11)4-14-3-7/h2-4H,5-6H2,1H3,(H,15,16). The first-order valence-electron chi connectivity index (χ1n) is 4.56. The Morgan fingerprint density at radius 1 is 1.50 bits per heavy atom. The largest absolute Gasteiger partial charge is 0.344 e. The van der Waals surface area contributed by atoms with Crippen LogP contribution in [0.2, 0.25) is 0 Å². The van der Waals surface area contributed by atoms with Gasteiger partial charge in [-0.15, -0.1) is 23.2 Å². The first kappa shape index (κ1) is 13.7. The van der Waals surface area contributed by atoms with Gasteiger partial charge in [0.1, 0.15) is 0 Å². The van der Waals surface area contributed by atoms with Crippen LogP contribution >= 0.6 is 39.1 Å². The van der Waals surface area contributed by atoms with Crippen LogP contribution in [-0.4, -0.2) is 28.2 Å². The smallest absolute Gasteiger partial charge is 0.253 e. The van der Waals surface area contributed by atoms with Gasteiger partial charge >= 0.3 is 0 Å². The van der Waals surface area contributed by atoms with E-state index in [1.807, 2.05) is 0 Å². The topological polar surface area (TPSA) is 42.0 Å². The molecule has 0 atom stereocenters. The third-order valence-electron chi connectivity index (χ3n) is 1.97. The minimum absolute atomic E-state index is 0.238. The summed E-state index contributed by atoms with van der Waals surface area (Å²) in [6.07, 6.45) is 3.10. The van der Waals surface area contributed by atoms with Crippen molar-refractivity contribution < 1.29 is 4.79 Å². The molecule has 1 N–H and O–H groups in total. The molecule has 3 nitrogen and oxygen atoms in total. The second-order valence-corrected chi connectivity index (χ2v) is 5.12. The number of amides is 1. The summed E-state index contributed by atoms with van der Waals surface area (Å²) in [6, 6.07) is 1.69. The van der Waals surface area contributed by atoms with Crippen LogP contribution in [-0.2, 0) is 0 Å². The van der Waals surface area contributed by atoms with Crippen LogP contribution in [0.15, 0.2) is 22.9 Å². The van der Waals surface area contributed by atoms with Gasteiger partial charge in [-0.3, -0.25) is 9.78 Å². The number of nitrogens with zero attached hydrogens (tertiary/aromatic N) is 1. The van der Waals surface area contributed by atoms with E-state index in [0.29, 0.717) is 5.56 Å². The number of halogens is 3. The van der Waals surface area contributed by atoms with Gasteiger partial charge < -0.3 is 5.32 Å². The monoisotopic (exact) mass is 324 g/mol. The number of pyridine rings is 1. The number of carbonyl (C=O) groups is 1. The van der Waals surface area contributed by atoms with Gasteiger partial charge in [0.2, 0.25) is 0 Å². The molecule has 0 saturated carbocycles. The van der Waals surface area contributed by atoms with Gasteiger partial charge in [-0.25, -0.2) is 0 Å². The highest BCUT2D eigenvalue weighted by molar-refractivity contribution is 9.10. The maximum Gasteiger partial charge on any atom is 0.253 e. The van der Waals surface area contributed by atoms with Crippen molar-refractivity contribution in [1.29, 1.82) is 0 Å². The van der Waals surface area contributed by atoms with E-state index < -0.39 is 5.54 Å². The van der Waals surface area contributed by atoms with Crippen molar-refractivity contribution in [3.05, 3.63) is 28.5 Å². The van der Waals surface area contributed by atoms with Crippen LogP contribution < -0.4 is 5.32 Å². The van der Waals surface area contributed by atoms with Crippen molar-refractivity contribution in [2.24, 2.45) is 0 Å². The molecule has 0 aromatic carbocycles. The number of hydrogen-bond donors (Lipinski definition) is 1. The number of hydrogen-bond acceptors (Lipinski definition) is 2. The zero-order valence-corrected chi connectivity index (χ0v) is 11.7.